The van der Waals surface area contributed by atoms with Crippen LogP contribution in [-0.4, -0.2) is 48.5 Å². The van der Waals surface area contributed by atoms with Crippen LogP contribution < -0.4 is 4.90 Å². The standard InChI is InChI=1S/C20H23N3O3S/c1-14-11-17(22(2)16-4-6-18(24)7-5-16)13-23(14)27(25,26)19-8-3-15-9-10-21-20(15)12-19/h3-10,12,14,17,21,24H,11,13H2,1-2H3/t14-,17+/m1/s1. The average molecular weight is 385 g/mol. The van der Waals surface area contributed by atoms with Gasteiger partial charge in [0.25, 0.3) is 0 Å². The van der Waals surface area contributed by atoms with Gasteiger partial charge >= 0.3 is 0 Å². The minimum Gasteiger partial charge on any atom is -0.508 e. The van der Waals surface area contributed by atoms with Crippen LogP contribution in [0.2, 0.25) is 0 Å². The highest BCUT2D eigenvalue weighted by molar-refractivity contribution is 7.89. The zero-order chi connectivity index (χ0) is 19.2. The lowest BCUT2D eigenvalue weighted by molar-refractivity contribution is 0.407. The van der Waals surface area contributed by atoms with Gasteiger partial charge in [0.2, 0.25) is 10.0 Å². The monoisotopic (exact) mass is 385 g/mol. The largest absolute Gasteiger partial charge is 0.508 e. The number of aromatic hydroxyl groups is 1. The lowest BCUT2D eigenvalue weighted by atomic mass is 10.1. The van der Waals surface area contributed by atoms with Crippen molar-refractivity contribution >= 4 is 26.6 Å². The van der Waals surface area contributed by atoms with Crippen molar-refractivity contribution in [2.45, 2.75) is 30.3 Å². The maximum absolute atomic E-state index is 13.2. The van der Waals surface area contributed by atoms with E-state index in [1.54, 1.807) is 28.6 Å². The zero-order valence-electron chi connectivity index (χ0n) is 15.3. The first-order valence-electron chi connectivity index (χ1n) is 8.97. The molecule has 1 aliphatic heterocycles. The van der Waals surface area contributed by atoms with E-state index in [2.05, 4.69) is 9.88 Å². The predicted molar refractivity (Wildman–Crippen MR) is 107 cm³/mol. The number of phenolic OH excluding ortho intramolecular Hbond substituents is 1. The Morgan fingerprint density at radius 3 is 2.63 bits per heavy atom. The first-order chi connectivity index (χ1) is 12.9. The summed E-state index contributed by atoms with van der Waals surface area (Å²) in [6.45, 7) is 2.39. The summed E-state index contributed by atoms with van der Waals surface area (Å²) in [4.78, 5) is 5.48. The van der Waals surface area contributed by atoms with Crippen LogP contribution in [-0.2, 0) is 10.0 Å². The summed E-state index contributed by atoms with van der Waals surface area (Å²) in [5, 5.41) is 10.5. The molecule has 2 atom stereocenters. The Morgan fingerprint density at radius 2 is 1.89 bits per heavy atom. The minimum absolute atomic E-state index is 0.0773. The van der Waals surface area contributed by atoms with Crippen molar-refractivity contribution in [2.75, 3.05) is 18.5 Å². The maximum atomic E-state index is 13.2. The molecule has 1 aliphatic rings. The molecule has 2 aromatic carbocycles. The number of hydrogen-bond donors (Lipinski definition) is 2. The van der Waals surface area contributed by atoms with Crippen LogP contribution >= 0.6 is 0 Å². The van der Waals surface area contributed by atoms with Crippen molar-refractivity contribution in [3.05, 3.63) is 54.7 Å². The van der Waals surface area contributed by atoms with Gasteiger partial charge < -0.3 is 15.0 Å². The molecule has 4 rings (SSSR count). The summed E-state index contributed by atoms with van der Waals surface area (Å²) < 4.78 is 28.0. The Balaban J connectivity index is 1.59. The van der Waals surface area contributed by atoms with Gasteiger partial charge in [0.15, 0.2) is 0 Å². The molecule has 0 radical (unpaired) electrons. The number of nitrogens with one attached hydrogen (secondary N) is 1. The highest BCUT2D eigenvalue weighted by atomic mass is 32.2. The molecule has 142 valence electrons. The number of sulfonamides is 1. The molecule has 0 bridgehead atoms. The number of likely N-dealkylation sites (N-methyl/N-ethyl adjacent to an activating group) is 1. The number of aromatic nitrogens is 1. The van der Waals surface area contributed by atoms with E-state index >= 15 is 0 Å². The van der Waals surface area contributed by atoms with E-state index in [1.165, 1.54) is 0 Å². The van der Waals surface area contributed by atoms with Gasteiger partial charge in [0.1, 0.15) is 5.75 Å². The summed E-state index contributed by atoms with van der Waals surface area (Å²) in [6, 6.07) is 14.1. The molecule has 0 aliphatic carbocycles. The van der Waals surface area contributed by atoms with Crippen molar-refractivity contribution < 1.29 is 13.5 Å². The van der Waals surface area contributed by atoms with Crippen LogP contribution in [0.15, 0.2) is 59.6 Å². The number of hydrogen-bond acceptors (Lipinski definition) is 4. The smallest absolute Gasteiger partial charge is 0.243 e. The van der Waals surface area contributed by atoms with Crippen molar-refractivity contribution in [1.29, 1.82) is 0 Å². The van der Waals surface area contributed by atoms with Gasteiger partial charge in [-0.1, -0.05) is 6.07 Å². The first kappa shape index (κ1) is 17.9. The predicted octanol–water partition coefficient (Wildman–Crippen LogP) is 3.16. The van der Waals surface area contributed by atoms with Gasteiger partial charge in [-0.05, 0) is 61.2 Å². The van der Waals surface area contributed by atoms with Crippen molar-refractivity contribution in [2.24, 2.45) is 0 Å². The van der Waals surface area contributed by atoms with Crippen LogP contribution in [0, 0.1) is 0 Å². The van der Waals surface area contributed by atoms with E-state index in [0.717, 1.165) is 23.0 Å². The van der Waals surface area contributed by atoms with E-state index in [1.807, 2.05) is 44.4 Å². The fourth-order valence-electron chi connectivity index (χ4n) is 3.81. The fraction of sp³-hybridized carbons (Fsp3) is 0.300. The van der Waals surface area contributed by atoms with Crippen molar-refractivity contribution in [1.82, 2.24) is 9.29 Å². The second-order valence-electron chi connectivity index (χ2n) is 7.17. The van der Waals surface area contributed by atoms with Gasteiger partial charge in [-0.25, -0.2) is 8.42 Å². The second kappa shape index (κ2) is 6.58. The minimum atomic E-state index is -3.57. The molecule has 27 heavy (non-hydrogen) atoms. The Bertz CT molecular complexity index is 1060. The molecular formula is C20H23N3O3S. The number of nitrogens with zero attached hydrogens (tertiary/aromatic N) is 2. The molecule has 1 fully saturated rings. The Labute approximate surface area is 159 Å². The van der Waals surface area contributed by atoms with E-state index in [-0.39, 0.29) is 17.8 Å². The molecule has 0 spiro atoms. The quantitative estimate of drug-likeness (QED) is 0.723. The molecule has 0 saturated carbocycles. The van der Waals surface area contributed by atoms with Gasteiger partial charge in [0.05, 0.1) is 4.90 Å². The van der Waals surface area contributed by atoms with Gasteiger partial charge in [0, 0.05) is 43.1 Å². The van der Waals surface area contributed by atoms with E-state index in [9.17, 15) is 13.5 Å². The first-order valence-corrected chi connectivity index (χ1v) is 10.4. The van der Waals surface area contributed by atoms with Crippen LogP contribution in [0.5, 0.6) is 5.75 Å². The number of rotatable bonds is 4. The lowest BCUT2D eigenvalue weighted by Gasteiger charge is -2.27. The Kier molecular flexibility index (Phi) is 4.36. The molecule has 1 saturated heterocycles. The van der Waals surface area contributed by atoms with E-state index in [4.69, 9.17) is 0 Å². The number of phenols is 1. The van der Waals surface area contributed by atoms with Crippen molar-refractivity contribution in [3.63, 3.8) is 0 Å². The summed E-state index contributed by atoms with van der Waals surface area (Å²) in [5.41, 5.74) is 1.78. The number of aromatic amines is 1. The van der Waals surface area contributed by atoms with Crippen LogP contribution in [0.4, 0.5) is 5.69 Å². The lowest BCUT2D eigenvalue weighted by Crippen LogP contribution is -2.37. The molecule has 7 heteroatoms. The molecule has 3 aromatic rings. The topological polar surface area (TPSA) is 76.6 Å². The second-order valence-corrected chi connectivity index (χ2v) is 9.06. The Morgan fingerprint density at radius 1 is 1.15 bits per heavy atom. The van der Waals surface area contributed by atoms with E-state index in [0.29, 0.717) is 11.4 Å². The molecule has 2 N–H and O–H groups in total. The molecule has 1 aromatic heterocycles. The number of anilines is 1. The highest BCUT2D eigenvalue weighted by Crippen LogP contribution is 2.31. The van der Waals surface area contributed by atoms with Crippen LogP contribution in [0.1, 0.15) is 13.3 Å². The van der Waals surface area contributed by atoms with E-state index < -0.39 is 10.0 Å². The fourth-order valence-corrected chi connectivity index (χ4v) is 5.52. The molecule has 2 heterocycles. The van der Waals surface area contributed by atoms with Crippen molar-refractivity contribution in [3.8, 4) is 5.75 Å². The van der Waals surface area contributed by atoms with Gasteiger partial charge in [-0.2, -0.15) is 4.31 Å². The molecule has 0 amide bonds. The highest BCUT2D eigenvalue weighted by Gasteiger charge is 2.39. The van der Waals surface area contributed by atoms with Gasteiger partial charge in [-0.15, -0.1) is 0 Å². The van der Waals surface area contributed by atoms with Crippen LogP contribution in [0.25, 0.3) is 10.9 Å². The molecule has 0 unspecified atom stereocenters. The van der Waals surface area contributed by atoms with Gasteiger partial charge in [-0.3, -0.25) is 0 Å². The normalized spacial score (nSPS) is 21.0. The summed E-state index contributed by atoms with van der Waals surface area (Å²) in [6.07, 6.45) is 2.56. The number of benzene rings is 2. The Hall–Kier alpha value is -2.51. The third kappa shape index (κ3) is 3.17. The summed E-state index contributed by atoms with van der Waals surface area (Å²) >= 11 is 0. The molecular weight excluding hydrogens is 362 g/mol. The number of H-pyrrole nitrogens is 1. The maximum Gasteiger partial charge on any atom is 0.243 e. The average Bonchev–Trinajstić information content (AvgIpc) is 3.27. The molecule has 6 nitrogen and oxygen atoms in total. The third-order valence-electron chi connectivity index (χ3n) is 5.43. The summed E-state index contributed by atoms with van der Waals surface area (Å²) in [7, 11) is -1.60. The third-order valence-corrected chi connectivity index (χ3v) is 7.41. The zero-order valence-corrected chi connectivity index (χ0v) is 16.1. The van der Waals surface area contributed by atoms with Crippen LogP contribution in [0.3, 0.4) is 0 Å². The number of fused-ring (bicyclic) bond motifs is 1. The summed E-state index contributed by atoms with van der Waals surface area (Å²) in [5.74, 6) is 0.218. The SMILES string of the molecule is C[C@@H]1C[C@H](N(C)c2ccc(O)cc2)CN1S(=O)(=O)c1ccc2cc[nH]c2c1.